The fraction of sp³-hybridized carbons (Fsp3) is 0.286. The molecule has 80 valence electrons. The molecule has 0 spiro atoms. The summed E-state index contributed by atoms with van der Waals surface area (Å²) in [6.45, 7) is 2.81. The van der Waals surface area contributed by atoms with Crippen LogP contribution >= 0.6 is 0 Å². The smallest absolute Gasteiger partial charge is 0.189 e. The average molecular weight is 211 g/mol. The zero-order valence-electron chi connectivity index (χ0n) is 9.29. The number of hydrogen-bond acceptors (Lipinski definition) is 2. The third kappa shape index (κ3) is 1.19. The molecule has 1 aliphatic carbocycles. The van der Waals surface area contributed by atoms with Crippen molar-refractivity contribution >= 4 is 11.5 Å². The Morgan fingerprint density at radius 3 is 2.75 bits per heavy atom. The van der Waals surface area contributed by atoms with Crippen LogP contribution in [-0.2, 0) is 0 Å². The van der Waals surface area contributed by atoms with Gasteiger partial charge in [-0.15, -0.1) is 0 Å². The zero-order chi connectivity index (χ0) is 11.1. The van der Waals surface area contributed by atoms with Crippen molar-refractivity contribution in [2.75, 3.05) is 6.54 Å². The molecule has 16 heavy (non-hydrogen) atoms. The molecule has 2 aliphatic rings. The molecule has 0 fully saturated rings. The third-order valence-corrected chi connectivity index (χ3v) is 3.36. The molecule has 0 saturated heterocycles. The van der Waals surface area contributed by atoms with Crippen molar-refractivity contribution in [1.82, 2.24) is 0 Å². The molecular formula is C14H13NO. The molecule has 0 amide bonds. The minimum absolute atomic E-state index is 0.173. The SMILES string of the molecule is CC1=C2CCCN=C2c2ccccc2C1=O. The first kappa shape index (κ1) is 9.52. The number of Topliss-reactive ketones (excluding diaryl/α,β-unsaturated/α-hetero) is 1. The quantitative estimate of drug-likeness (QED) is 0.648. The van der Waals surface area contributed by atoms with Crippen molar-refractivity contribution in [1.29, 1.82) is 0 Å². The van der Waals surface area contributed by atoms with Gasteiger partial charge in [0.25, 0.3) is 0 Å². The molecule has 2 nitrogen and oxygen atoms in total. The second-order valence-corrected chi connectivity index (χ2v) is 4.31. The number of rotatable bonds is 0. The molecule has 1 heterocycles. The van der Waals surface area contributed by atoms with E-state index in [1.54, 1.807) is 0 Å². The third-order valence-electron chi connectivity index (χ3n) is 3.36. The number of hydrogen-bond donors (Lipinski definition) is 0. The second kappa shape index (κ2) is 3.41. The Bertz CT molecular complexity index is 537. The van der Waals surface area contributed by atoms with Crippen LogP contribution in [0.5, 0.6) is 0 Å². The summed E-state index contributed by atoms with van der Waals surface area (Å²) in [4.78, 5) is 16.7. The molecule has 0 saturated carbocycles. The predicted octanol–water partition coefficient (Wildman–Crippen LogP) is 2.78. The van der Waals surface area contributed by atoms with Crippen LogP contribution < -0.4 is 0 Å². The van der Waals surface area contributed by atoms with Gasteiger partial charge in [-0.05, 0) is 25.3 Å². The molecule has 0 bridgehead atoms. The highest BCUT2D eigenvalue weighted by Gasteiger charge is 2.28. The molecule has 0 atom stereocenters. The summed E-state index contributed by atoms with van der Waals surface area (Å²) in [5.74, 6) is 0.173. The van der Waals surface area contributed by atoms with Crippen LogP contribution in [0.4, 0.5) is 0 Å². The van der Waals surface area contributed by atoms with E-state index in [0.29, 0.717) is 0 Å². The fourth-order valence-electron chi connectivity index (χ4n) is 2.50. The monoisotopic (exact) mass is 211 g/mol. The maximum absolute atomic E-state index is 12.2. The van der Waals surface area contributed by atoms with Gasteiger partial charge in [0.2, 0.25) is 0 Å². The fourth-order valence-corrected chi connectivity index (χ4v) is 2.50. The lowest BCUT2D eigenvalue weighted by Crippen LogP contribution is -2.24. The van der Waals surface area contributed by atoms with Crippen LogP contribution in [0.2, 0.25) is 0 Å². The van der Waals surface area contributed by atoms with Gasteiger partial charge in [0.15, 0.2) is 5.78 Å². The maximum Gasteiger partial charge on any atom is 0.189 e. The van der Waals surface area contributed by atoms with Crippen molar-refractivity contribution < 1.29 is 4.79 Å². The van der Waals surface area contributed by atoms with Crippen molar-refractivity contribution in [2.45, 2.75) is 19.8 Å². The summed E-state index contributed by atoms with van der Waals surface area (Å²) in [5, 5.41) is 0. The number of carbonyl (C=O) groups excluding carboxylic acids is 1. The van der Waals surface area contributed by atoms with E-state index < -0.39 is 0 Å². The lowest BCUT2D eigenvalue weighted by atomic mass is 9.81. The van der Waals surface area contributed by atoms with Crippen LogP contribution in [0, 0.1) is 0 Å². The Balaban J connectivity index is 2.30. The van der Waals surface area contributed by atoms with Crippen LogP contribution in [0.1, 0.15) is 35.7 Å². The van der Waals surface area contributed by atoms with E-state index in [4.69, 9.17) is 0 Å². The van der Waals surface area contributed by atoms with Gasteiger partial charge in [-0.3, -0.25) is 9.79 Å². The zero-order valence-corrected chi connectivity index (χ0v) is 9.29. The van der Waals surface area contributed by atoms with Crippen LogP contribution in [0.15, 0.2) is 40.4 Å². The minimum atomic E-state index is 0.173. The van der Waals surface area contributed by atoms with E-state index in [9.17, 15) is 4.79 Å². The second-order valence-electron chi connectivity index (χ2n) is 4.31. The van der Waals surface area contributed by atoms with Gasteiger partial charge in [-0.25, -0.2) is 0 Å². The number of fused-ring (bicyclic) bond motifs is 3. The van der Waals surface area contributed by atoms with Crippen LogP contribution in [-0.4, -0.2) is 18.0 Å². The lowest BCUT2D eigenvalue weighted by Gasteiger charge is -2.24. The van der Waals surface area contributed by atoms with Crippen LogP contribution in [0.25, 0.3) is 0 Å². The average Bonchev–Trinajstić information content (AvgIpc) is 2.36. The van der Waals surface area contributed by atoms with Gasteiger partial charge in [-0.2, -0.15) is 0 Å². The normalized spacial score (nSPS) is 19.1. The Labute approximate surface area is 94.7 Å². The summed E-state index contributed by atoms with van der Waals surface area (Å²) in [7, 11) is 0. The molecule has 0 aromatic heterocycles. The van der Waals surface area contributed by atoms with E-state index in [1.165, 1.54) is 0 Å². The number of aliphatic imine (C=N–C) groups is 1. The van der Waals surface area contributed by atoms with E-state index in [2.05, 4.69) is 4.99 Å². The van der Waals surface area contributed by atoms with E-state index in [1.807, 2.05) is 31.2 Å². The van der Waals surface area contributed by atoms with Gasteiger partial charge < -0.3 is 0 Å². The number of ketones is 1. The number of benzene rings is 1. The molecule has 0 unspecified atom stereocenters. The summed E-state index contributed by atoms with van der Waals surface area (Å²) < 4.78 is 0. The predicted molar refractivity (Wildman–Crippen MR) is 64.1 cm³/mol. The first-order valence-corrected chi connectivity index (χ1v) is 5.67. The van der Waals surface area contributed by atoms with Gasteiger partial charge in [0.1, 0.15) is 0 Å². The number of allylic oxidation sites excluding steroid dienone is 2. The van der Waals surface area contributed by atoms with Gasteiger partial charge in [-0.1, -0.05) is 24.3 Å². The molecule has 3 rings (SSSR count). The van der Waals surface area contributed by atoms with E-state index in [-0.39, 0.29) is 5.78 Å². The van der Waals surface area contributed by atoms with E-state index >= 15 is 0 Å². The van der Waals surface area contributed by atoms with Crippen molar-refractivity contribution in [3.63, 3.8) is 0 Å². The van der Waals surface area contributed by atoms with Gasteiger partial charge in [0, 0.05) is 23.2 Å². The molecule has 1 aromatic rings. The number of carbonyl (C=O) groups is 1. The molecule has 1 aliphatic heterocycles. The van der Waals surface area contributed by atoms with Crippen molar-refractivity contribution in [3.05, 3.63) is 46.5 Å². The highest BCUT2D eigenvalue weighted by Crippen LogP contribution is 2.31. The molecule has 1 aromatic carbocycles. The van der Waals surface area contributed by atoms with E-state index in [0.717, 1.165) is 47.4 Å². The summed E-state index contributed by atoms with van der Waals surface area (Å²) in [5.41, 5.74) is 4.93. The molecule has 0 radical (unpaired) electrons. The maximum atomic E-state index is 12.2. The molecular weight excluding hydrogens is 198 g/mol. The lowest BCUT2D eigenvalue weighted by molar-refractivity contribution is 0.103. The summed E-state index contributed by atoms with van der Waals surface area (Å²) in [6, 6.07) is 7.79. The van der Waals surface area contributed by atoms with Gasteiger partial charge in [0.05, 0.1) is 5.71 Å². The Morgan fingerprint density at radius 2 is 1.94 bits per heavy atom. The van der Waals surface area contributed by atoms with Crippen LogP contribution in [0.3, 0.4) is 0 Å². The summed E-state index contributed by atoms with van der Waals surface area (Å²) in [6.07, 6.45) is 2.05. The number of nitrogens with zero attached hydrogens (tertiary/aromatic N) is 1. The Kier molecular flexibility index (Phi) is 2.03. The highest BCUT2D eigenvalue weighted by molar-refractivity contribution is 6.28. The standard InChI is InChI=1S/C14H13NO/c1-9-10-7-4-8-15-13(10)11-5-2-3-6-12(11)14(9)16/h2-3,5-6H,4,7-8H2,1H3. The molecule has 2 heteroatoms. The first-order valence-electron chi connectivity index (χ1n) is 5.67. The van der Waals surface area contributed by atoms with Gasteiger partial charge >= 0.3 is 0 Å². The first-order chi connectivity index (χ1) is 7.79. The topological polar surface area (TPSA) is 29.4 Å². The minimum Gasteiger partial charge on any atom is -0.289 e. The Hall–Kier alpha value is -1.70. The van der Waals surface area contributed by atoms with Crippen molar-refractivity contribution in [3.8, 4) is 0 Å². The largest absolute Gasteiger partial charge is 0.289 e. The Morgan fingerprint density at radius 1 is 1.19 bits per heavy atom. The highest BCUT2D eigenvalue weighted by atomic mass is 16.1. The molecule has 0 N–H and O–H groups in total. The van der Waals surface area contributed by atoms with Crippen molar-refractivity contribution in [2.24, 2.45) is 4.99 Å². The summed E-state index contributed by atoms with van der Waals surface area (Å²) >= 11 is 0.